The molecule has 1 atom stereocenters. The number of benzene rings is 3. The van der Waals surface area contributed by atoms with Gasteiger partial charge in [-0.2, -0.15) is 22.7 Å². The van der Waals surface area contributed by atoms with Gasteiger partial charge in [-0.25, -0.2) is 14.6 Å². The van der Waals surface area contributed by atoms with Gasteiger partial charge in [0.1, 0.15) is 11.6 Å². The number of halogens is 4. The van der Waals surface area contributed by atoms with Crippen molar-refractivity contribution in [1.82, 2.24) is 36.0 Å². The van der Waals surface area contributed by atoms with E-state index < -0.39 is 47.3 Å². The number of aromatic nitrogens is 3. The van der Waals surface area contributed by atoms with E-state index in [1.54, 1.807) is 26.8 Å². The third kappa shape index (κ3) is 12.3. The lowest BCUT2D eigenvalue weighted by Crippen LogP contribution is -2.48. The van der Waals surface area contributed by atoms with E-state index in [1.807, 2.05) is 43.3 Å². The fraction of sp³-hybridized carbons (Fsp3) is 0.468. The number of aryl methyl sites for hydroxylation is 1. The summed E-state index contributed by atoms with van der Waals surface area (Å²) < 4.78 is 61.5. The molecule has 66 heavy (non-hydrogen) atoms. The molecule has 2 aliphatic rings. The van der Waals surface area contributed by atoms with Crippen molar-refractivity contribution in [3.05, 3.63) is 89.2 Å². The fourth-order valence-corrected chi connectivity index (χ4v) is 8.02. The Morgan fingerprint density at radius 2 is 1.52 bits per heavy atom. The third-order valence-electron chi connectivity index (χ3n) is 11.9. The number of anilines is 1. The van der Waals surface area contributed by atoms with Gasteiger partial charge in [0.15, 0.2) is 5.82 Å². The molecular weight excluding hydrogens is 865 g/mol. The third-order valence-corrected chi connectivity index (χ3v) is 11.9. The average molecular weight is 921 g/mol. The van der Waals surface area contributed by atoms with Crippen LogP contribution in [0.15, 0.2) is 66.7 Å². The highest BCUT2D eigenvalue weighted by Crippen LogP contribution is 2.42. The molecule has 1 aromatic heterocycles. The Labute approximate surface area is 379 Å². The van der Waals surface area contributed by atoms with Crippen molar-refractivity contribution in [2.24, 2.45) is 11.8 Å². The summed E-state index contributed by atoms with van der Waals surface area (Å²) in [5.41, 5.74) is 3.77. The van der Waals surface area contributed by atoms with Gasteiger partial charge >= 0.3 is 23.9 Å². The Morgan fingerprint density at radius 3 is 2.12 bits per heavy atom. The van der Waals surface area contributed by atoms with Crippen LogP contribution in [0.1, 0.15) is 86.6 Å². The second kappa shape index (κ2) is 20.4. The molecule has 2 fully saturated rings. The van der Waals surface area contributed by atoms with Crippen LogP contribution in [-0.2, 0) is 31.5 Å². The van der Waals surface area contributed by atoms with Crippen LogP contribution in [0, 0.1) is 18.8 Å². The molecule has 3 aromatic carbocycles. The number of amides is 4. The number of piperidine rings is 1. The van der Waals surface area contributed by atoms with Crippen molar-refractivity contribution < 1.29 is 51.4 Å². The Morgan fingerprint density at radius 1 is 0.879 bits per heavy atom. The van der Waals surface area contributed by atoms with E-state index >= 15 is 0 Å². The summed E-state index contributed by atoms with van der Waals surface area (Å²) >= 11 is 0. The van der Waals surface area contributed by atoms with E-state index in [0.29, 0.717) is 37.8 Å². The Bertz CT molecular complexity index is 2370. The van der Waals surface area contributed by atoms with Crippen LogP contribution in [0.2, 0.25) is 0 Å². The van der Waals surface area contributed by atoms with Gasteiger partial charge < -0.3 is 36.0 Å². The van der Waals surface area contributed by atoms with Crippen molar-refractivity contribution >= 4 is 35.5 Å². The van der Waals surface area contributed by atoms with E-state index in [-0.39, 0.29) is 53.2 Å². The van der Waals surface area contributed by atoms with Crippen molar-refractivity contribution in [2.75, 3.05) is 32.0 Å². The molecule has 0 bridgehead atoms. The number of hydrogen-bond donors (Lipinski definition) is 6. The zero-order valence-corrected chi connectivity index (χ0v) is 37.5. The molecule has 1 saturated heterocycles. The molecule has 6 rings (SSSR count). The summed E-state index contributed by atoms with van der Waals surface area (Å²) in [6.45, 7) is 9.55. The summed E-state index contributed by atoms with van der Waals surface area (Å²) in [4.78, 5) is 69.4. The normalized spacial score (nSPS) is 17.9. The number of carboxylic acid groups (broad SMARTS) is 1. The first-order valence-electron chi connectivity index (χ1n) is 21.9. The molecule has 15 nitrogen and oxygen atoms in total. The van der Waals surface area contributed by atoms with Gasteiger partial charge in [0, 0.05) is 41.7 Å². The van der Waals surface area contributed by atoms with E-state index in [0.717, 1.165) is 48.2 Å². The van der Waals surface area contributed by atoms with Gasteiger partial charge in [-0.1, -0.05) is 30.3 Å². The van der Waals surface area contributed by atoms with Crippen molar-refractivity contribution in [3.8, 4) is 22.5 Å². The molecule has 0 radical (unpaired) electrons. The smallest absolute Gasteiger partial charge is 0.411 e. The van der Waals surface area contributed by atoms with E-state index in [2.05, 4.69) is 48.4 Å². The van der Waals surface area contributed by atoms with Crippen LogP contribution in [0.3, 0.4) is 0 Å². The lowest BCUT2D eigenvalue weighted by molar-refractivity contribution is -0.231. The van der Waals surface area contributed by atoms with Gasteiger partial charge in [-0.3, -0.25) is 19.5 Å². The quantitative estimate of drug-likeness (QED) is 0.0668. The second-order valence-electron chi connectivity index (χ2n) is 18.2. The molecular formula is C47H56F4N8O7. The molecule has 4 amide bonds. The highest BCUT2D eigenvalue weighted by molar-refractivity contribution is 5.98. The molecule has 19 heteroatoms. The number of carbonyl (C=O) groups excluding carboxylic acids is 4. The van der Waals surface area contributed by atoms with Gasteiger partial charge in [-0.05, 0) is 151 Å². The number of ether oxygens (including phenoxy) is 1. The molecule has 6 N–H and O–H groups in total. The summed E-state index contributed by atoms with van der Waals surface area (Å²) in [5.74, 6) is -17.0. The van der Waals surface area contributed by atoms with Crippen molar-refractivity contribution in [1.29, 1.82) is 0 Å². The maximum Gasteiger partial charge on any atom is 0.411 e. The van der Waals surface area contributed by atoms with E-state index in [1.165, 1.54) is 24.3 Å². The van der Waals surface area contributed by atoms with Crippen LogP contribution in [0.5, 0.6) is 0 Å². The number of H-pyrrole nitrogens is 1. The predicted molar refractivity (Wildman–Crippen MR) is 237 cm³/mol. The Hall–Kier alpha value is -6.37. The zero-order valence-electron chi connectivity index (χ0n) is 37.5. The fourth-order valence-electron chi connectivity index (χ4n) is 8.02. The SMILES string of the molecule is Cc1cc(C(=O)NC2CCN(C)CC2)ccc1-c1ccc(CC(NC(=O)[C@H]2CC[C@H](CNC(=O)OC(C)(C)C)CC2)C(=O)Nc2ccc(-c3nc(C(F)(F)C(F)(F)C(=O)O)n[nH]3)cc2)cc1. The first kappa shape index (κ1) is 49.1. The zero-order chi connectivity index (χ0) is 48.0. The van der Waals surface area contributed by atoms with Crippen LogP contribution < -0.4 is 21.3 Å². The largest absolute Gasteiger partial charge is 0.477 e. The summed E-state index contributed by atoms with van der Waals surface area (Å²) in [7, 11) is 2.07. The van der Waals surface area contributed by atoms with Gasteiger partial charge in [-0.15, -0.1) is 0 Å². The van der Waals surface area contributed by atoms with Crippen LogP contribution >= 0.6 is 0 Å². The maximum absolute atomic E-state index is 14.3. The number of carbonyl (C=O) groups is 5. The monoisotopic (exact) mass is 920 g/mol. The molecule has 1 aliphatic carbocycles. The molecule has 1 unspecified atom stereocenters. The molecule has 4 aromatic rings. The standard InChI is InChI=1S/C47H56F4N8O7/c1-27-24-33(40(61)53-35-20-22-59(5)23-21-35)16-19-36(27)30-10-6-28(7-11-30)25-37(55-39(60)32-12-8-29(9-13-32)26-52-44(65)66-45(2,3)4)41(62)54-34-17-14-31(15-18-34)38-56-42(58-57-38)46(48,49)47(50,51)43(63)64/h6-7,10-11,14-19,24,29,32,35,37H,8-9,12-13,20-23,25-26H2,1-5H3,(H,52,65)(H,53,61)(H,54,62)(H,55,60)(H,63,64)(H,56,57,58)/t29-,32-,37?. The molecule has 2 heterocycles. The summed E-state index contributed by atoms with van der Waals surface area (Å²) in [6.07, 6.45) is 3.83. The highest BCUT2D eigenvalue weighted by Gasteiger charge is 2.66. The summed E-state index contributed by atoms with van der Waals surface area (Å²) in [6, 6.07) is 17.7. The summed E-state index contributed by atoms with van der Waals surface area (Å²) in [5, 5.41) is 25.5. The number of aliphatic carboxylic acids is 1. The molecule has 0 spiro atoms. The number of nitrogens with zero attached hydrogens (tertiary/aromatic N) is 3. The lowest BCUT2D eigenvalue weighted by Gasteiger charge is -2.29. The number of alkyl halides is 4. The first-order chi connectivity index (χ1) is 31.1. The molecule has 354 valence electrons. The van der Waals surface area contributed by atoms with Gasteiger partial charge in [0.05, 0.1) is 0 Å². The topological polar surface area (TPSA) is 208 Å². The molecule has 1 saturated carbocycles. The van der Waals surface area contributed by atoms with Gasteiger partial charge in [0.2, 0.25) is 17.6 Å². The lowest BCUT2D eigenvalue weighted by atomic mass is 9.81. The number of nitrogens with one attached hydrogen (secondary N) is 5. The molecule has 1 aliphatic heterocycles. The number of alkyl carbamates (subject to hydrolysis) is 1. The van der Waals surface area contributed by atoms with Crippen LogP contribution in [0.25, 0.3) is 22.5 Å². The van der Waals surface area contributed by atoms with E-state index in [9.17, 15) is 41.5 Å². The number of aromatic amines is 1. The van der Waals surface area contributed by atoms with Gasteiger partial charge in [0.25, 0.3) is 5.91 Å². The van der Waals surface area contributed by atoms with E-state index in [4.69, 9.17) is 9.84 Å². The number of carboxylic acids is 1. The Kier molecular flexibility index (Phi) is 15.2. The van der Waals surface area contributed by atoms with Crippen molar-refractivity contribution in [3.63, 3.8) is 0 Å². The minimum Gasteiger partial charge on any atom is -0.477 e. The minimum atomic E-state index is -5.47. The second-order valence-corrected chi connectivity index (χ2v) is 18.2. The number of likely N-dealkylation sites (tertiary alicyclic amines) is 1. The average Bonchev–Trinajstić information content (AvgIpc) is 3.78. The minimum absolute atomic E-state index is 0.107. The predicted octanol–water partition coefficient (Wildman–Crippen LogP) is 7.08. The maximum atomic E-state index is 14.3. The Balaban J connectivity index is 1.13. The first-order valence-corrected chi connectivity index (χ1v) is 21.9. The highest BCUT2D eigenvalue weighted by atomic mass is 19.3. The number of hydrogen-bond acceptors (Lipinski definition) is 9. The van der Waals surface area contributed by atoms with Crippen molar-refractivity contribution in [2.45, 2.75) is 102 Å². The number of rotatable bonds is 15. The van der Waals surface area contributed by atoms with Crippen LogP contribution in [-0.4, -0.2) is 105 Å². The van der Waals surface area contributed by atoms with Crippen LogP contribution in [0.4, 0.5) is 28.0 Å².